The van der Waals surface area contributed by atoms with Crippen molar-refractivity contribution in [2.45, 2.75) is 282 Å². The first-order valence-corrected chi connectivity index (χ1v) is 45.8. The van der Waals surface area contributed by atoms with E-state index in [9.17, 15) is 19.2 Å². The number of amides is 4. The van der Waals surface area contributed by atoms with Gasteiger partial charge in [-0.3, -0.25) is 34.3 Å². The molecule has 14 nitrogen and oxygen atoms in total. The van der Waals surface area contributed by atoms with E-state index < -0.39 is 0 Å². The molecule has 16 aliphatic rings. The lowest BCUT2D eigenvalue weighted by Gasteiger charge is -2.57. The lowest BCUT2D eigenvalue weighted by molar-refractivity contribution is -0.136. The third-order valence-electron chi connectivity index (χ3n) is 37.3. The maximum atomic E-state index is 12.5. The predicted molar refractivity (Wildman–Crippen MR) is 458 cm³/mol. The Hall–Kier alpha value is -6.96. The number of hydrogen-bond donors (Lipinski definition) is 0. The largest absolute Gasteiger partial charge is 0.495 e. The Morgan fingerprint density at radius 3 is 0.948 bits per heavy atom. The molecule has 0 N–H and O–H groups in total. The van der Waals surface area contributed by atoms with Crippen LogP contribution in [0.2, 0.25) is 0 Å². The molecule has 115 heavy (non-hydrogen) atoms. The van der Waals surface area contributed by atoms with E-state index in [0.717, 1.165) is 110 Å². The zero-order chi connectivity index (χ0) is 80.8. The molecular formula is C101H138N8O6. The van der Waals surface area contributed by atoms with Crippen molar-refractivity contribution < 1.29 is 28.7 Å². The molecule has 0 radical (unpaired) electrons. The fraction of sp³-hybridized carbons (Fsp3) is 0.683. The number of allylic oxidation sites excluding steroid dienone is 8. The van der Waals surface area contributed by atoms with Crippen LogP contribution in [0.25, 0.3) is 22.3 Å². The number of methoxy groups -OCH3 is 2. The SMILES string of the molecule is CC(=O)N1CC[C@@]2(C)C1CC[C@@H]1[C@@H]2CC[C@]2(C)C(c3cncc(C)c3)=CC[C@@H]12.CCC(=O)N1CC[C@@]2(C)C1CC[C@@H]1[C@@H]2CC[C@]2(C)C(c3cncc(C)c3)=CC[C@@H]12.COC(=O)N1CC[C@@]2(C)C1CC[C@@H]1[C@@H]2CC[C@]2(C)C(c3cncc(C)c3)=CC[C@@H]12.COc1cncc(C2=CC[C@H]3[C@@H]4CCC5N(C(C)=O)CC[C@]5(C)[C@H]4CC[C@]23C)c1. The third-order valence-corrected chi connectivity index (χ3v) is 37.3. The van der Waals surface area contributed by atoms with Gasteiger partial charge in [0.15, 0.2) is 0 Å². The first-order valence-electron chi connectivity index (χ1n) is 45.8. The first kappa shape index (κ1) is 80.5. The van der Waals surface area contributed by atoms with Crippen LogP contribution in [0.15, 0.2) is 98.1 Å². The van der Waals surface area contributed by atoms with Crippen molar-refractivity contribution in [1.29, 1.82) is 0 Å². The maximum Gasteiger partial charge on any atom is 0.409 e. The molecule has 618 valence electrons. The van der Waals surface area contributed by atoms with Crippen molar-refractivity contribution in [3.8, 4) is 5.75 Å². The van der Waals surface area contributed by atoms with Crippen molar-refractivity contribution >= 4 is 46.1 Å². The molecule has 4 amide bonds. The van der Waals surface area contributed by atoms with Gasteiger partial charge in [0.25, 0.3) is 0 Å². The molecule has 24 atom stereocenters. The lowest BCUT2D eigenvalue weighted by Crippen LogP contribution is -2.54. The number of carbonyl (C=O) groups is 4. The third kappa shape index (κ3) is 12.9. The van der Waals surface area contributed by atoms with E-state index in [1.807, 2.05) is 36.6 Å². The van der Waals surface area contributed by atoms with Gasteiger partial charge in [0, 0.05) is 114 Å². The molecule has 0 bridgehead atoms. The van der Waals surface area contributed by atoms with Crippen molar-refractivity contribution in [1.82, 2.24) is 39.5 Å². The number of rotatable bonds is 6. The average molecular weight is 1560 g/mol. The summed E-state index contributed by atoms with van der Waals surface area (Å²) in [5.74, 6) is 10.9. The van der Waals surface area contributed by atoms with Gasteiger partial charge < -0.3 is 29.1 Å². The summed E-state index contributed by atoms with van der Waals surface area (Å²) in [6.07, 6.45) is 56.1. The topological polar surface area (TPSA) is 151 Å². The highest BCUT2D eigenvalue weighted by molar-refractivity contribution is 5.79. The van der Waals surface area contributed by atoms with Crippen LogP contribution in [0.3, 0.4) is 0 Å². The molecule has 14 heteroatoms. The predicted octanol–water partition coefficient (Wildman–Crippen LogP) is 21.3. The number of aromatic nitrogens is 4. The van der Waals surface area contributed by atoms with Crippen molar-refractivity contribution in [2.75, 3.05) is 40.4 Å². The van der Waals surface area contributed by atoms with Gasteiger partial charge in [-0.15, -0.1) is 0 Å². The van der Waals surface area contributed by atoms with Crippen LogP contribution in [0.5, 0.6) is 5.75 Å². The minimum Gasteiger partial charge on any atom is -0.495 e. The van der Waals surface area contributed by atoms with Crippen LogP contribution in [0.1, 0.15) is 276 Å². The highest BCUT2D eigenvalue weighted by atomic mass is 16.5. The van der Waals surface area contributed by atoms with Crippen molar-refractivity contribution in [3.63, 3.8) is 0 Å². The number of carbonyl (C=O) groups excluding carboxylic acids is 4. The number of likely N-dealkylation sites (tertiary alicyclic amines) is 4. The zero-order valence-electron chi connectivity index (χ0n) is 73.0. The van der Waals surface area contributed by atoms with Crippen LogP contribution in [0, 0.1) is 135 Å². The van der Waals surface area contributed by atoms with E-state index in [1.54, 1.807) is 38.3 Å². The standard InChI is InChI=1S/C26H36N2O.2C25H34N2O2.C25H34N2O/c1-5-24(29)28-13-12-26(4)22-10-11-25(3)20(18-14-17(2)15-27-16-18)7-8-21(25)19(22)6-9-23(26)28;1-16(28)27-12-11-25(3)22-9-10-24(2)20(17-13-18(29-4)15-26-14-17)6-7-21(24)19(22)5-8-23(25)27;1-16-13-17(15-26-14-16)19-6-7-20-18-5-8-22-25(3,11-12-27(22)23(28)29-4)21(18)9-10-24(19,20)2;1-16-13-18(15-26-14-16)20-6-7-21-19-5-8-23-25(4,11-12-27(23)17(2)28)22(19)9-10-24(20,21)3/h7,14-16,19,21-23H,5-6,8-13H2,1-4H3;6,13-15,19,21-23H,5,7-12H2,1-4H3;6,13-15,18,20-22H,5,7-12H2,1-4H3;6,13-15,19,21-23H,5,7-12H2,1-4H3/t19-,21-,22-,23?,25+,26+;19-,21-,22-,23?,24+,25+;18-,20-,21-,22?,24+,25+;19-,21-,22-,23?,24+,25+/m0000/s1. The summed E-state index contributed by atoms with van der Waals surface area (Å²) in [4.78, 5) is 75.8. The first-order chi connectivity index (χ1) is 55.0. The summed E-state index contributed by atoms with van der Waals surface area (Å²) in [7, 11) is 3.23. The quantitative estimate of drug-likeness (QED) is 0.182. The van der Waals surface area contributed by atoms with E-state index in [-0.39, 0.29) is 39.6 Å². The van der Waals surface area contributed by atoms with Gasteiger partial charge in [-0.2, -0.15) is 0 Å². The van der Waals surface area contributed by atoms with Gasteiger partial charge in [0.1, 0.15) is 5.75 Å². The van der Waals surface area contributed by atoms with E-state index in [4.69, 9.17) is 9.47 Å². The summed E-state index contributed by atoms with van der Waals surface area (Å²) >= 11 is 0. The highest BCUT2D eigenvalue weighted by Crippen LogP contribution is 2.72. The summed E-state index contributed by atoms with van der Waals surface area (Å²) in [6.45, 7) is 35.8. The Morgan fingerprint density at radius 2 is 0.652 bits per heavy atom. The second-order valence-electron chi connectivity index (χ2n) is 42.0. The summed E-state index contributed by atoms with van der Waals surface area (Å²) in [5.41, 5.74) is 17.4. The van der Waals surface area contributed by atoms with Crippen LogP contribution in [0.4, 0.5) is 4.79 Å². The Labute approximate surface area is 689 Å². The number of hydrogen-bond acceptors (Lipinski definition) is 10. The van der Waals surface area contributed by atoms with Gasteiger partial charge >= 0.3 is 6.09 Å². The molecule has 12 fully saturated rings. The van der Waals surface area contributed by atoms with Gasteiger partial charge in [-0.25, -0.2) is 4.79 Å². The van der Waals surface area contributed by atoms with Crippen LogP contribution < -0.4 is 4.74 Å². The molecule has 4 unspecified atom stereocenters. The molecular weight excluding hydrogens is 1420 g/mol. The van der Waals surface area contributed by atoms with E-state index in [2.05, 4.69) is 178 Å². The Bertz CT molecular complexity index is 4420. The molecule has 4 saturated heterocycles. The van der Waals surface area contributed by atoms with Gasteiger partial charge in [0.05, 0.1) is 20.4 Å². The molecule has 0 aromatic carbocycles. The minimum absolute atomic E-state index is 0.130. The number of fused-ring (bicyclic) bond motifs is 20. The zero-order valence-corrected chi connectivity index (χ0v) is 73.0. The van der Waals surface area contributed by atoms with Crippen LogP contribution >= 0.6 is 0 Å². The summed E-state index contributed by atoms with van der Waals surface area (Å²) in [6, 6.07) is 10.9. The molecule has 4 aliphatic heterocycles. The smallest absolute Gasteiger partial charge is 0.409 e. The average Bonchev–Trinajstić information content (AvgIpc) is 1.59. The van der Waals surface area contributed by atoms with Crippen LogP contribution in [-0.2, 0) is 19.1 Å². The van der Waals surface area contributed by atoms with Crippen molar-refractivity contribution in [3.05, 3.63) is 137 Å². The van der Waals surface area contributed by atoms with E-state index >= 15 is 0 Å². The fourth-order valence-electron chi connectivity index (χ4n) is 31.7. The number of pyridine rings is 4. The molecule has 20 rings (SSSR count). The second kappa shape index (κ2) is 30.1. The number of ether oxygens (including phenoxy) is 2. The van der Waals surface area contributed by atoms with Gasteiger partial charge in [-0.1, -0.05) is 86.6 Å². The Morgan fingerprint density at radius 1 is 0.365 bits per heavy atom. The van der Waals surface area contributed by atoms with E-state index in [1.165, 1.54) is 198 Å². The van der Waals surface area contributed by atoms with Gasteiger partial charge in [-0.05, 0) is 375 Å². The molecule has 12 aliphatic carbocycles. The van der Waals surface area contributed by atoms with Gasteiger partial charge in [0.2, 0.25) is 17.7 Å². The Kier molecular flexibility index (Phi) is 21.0. The lowest BCUT2D eigenvalue weighted by atomic mass is 9.48. The molecule has 4 aromatic heterocycles. The molecule has 4 aromatic rings. The Balaban J connectivity index is 0.000000111. The monoisotopic (exact) mass is 1560 g/mol. The normalized spacial score (nSPS) is 41.0. The fourth-order valence-corrected chi connectivity index (χ4v) is 31.7. The summed E-state index contributed by atoms with van der Waals surface area (Å²) < 4.78 is 10.5. The molecule has 8 saturated carbocycles. The second-order valence-corrected chi connectivity index (χ2v) is 42.0. The molecule has 0 spiro atoms. The van der Waals surface area contributed by atoms with Crippen LogP contribution in [-0.4, -0.2) is 128 Å². The molecule has 8 heterocycles. The van der Waals surface area contributed by atoms with Crippen molar-refractivity contribution in [2.24, 2.45) is 114 Å². The maximum absolute atomic E-state index is 12.5. The number of aryl methyl sites for hydroxylation is 3. The number of nitrogens with zero attached hydrogens (tertiary/aromatic N) is 8. The highest BCUT2D eigenvalue weighted by Gasteiger charge is 2.66. The minimum atomic E-state index is -0.130. The summed E-state index contributed by atoms with van der Waals surface area (Å²) in [5, 5.41) is 0. The van der Waals surface area contributed by atoms with E-state index in [0.29, 0.717) is 64.1 Å².